The van der Waals surface area contributed by atoms with Gasteiger partial charge in [-0.2, -0.15) is 0 Å². The number of rotatable bonds is 3. The Labute approximate surface area is 114 Å². The number of carbonyl (C=O) groups is 2. The van der Waals surface area contributed by atoms with Crippen molar-refractivity contribution in [3.05, 3.63) is 12.2 Å². The zero-order valence-corrected chi connectivity index (χ0v) is 12.3. The number of nitrogens with zero attached hydrogens (tertiary/aromatic N) is 1. The zero-order valence-electron chi connectivity index (χ0n) is 12.3. The van der Waals surface area contributed by atoms with Gasteiger partial charge in [0.2, 0.25) is 5.91 Å². The highest BCUT2D eigenvalue weighted by Gasteiger charge is 2.46. The van der Waals surface area contributed by atoms with Crippen LogP contribution in [0.3, 0.4) is 0 Å². The molecule has 0 bridgehead atoms. The quantitative estimate of drug-likeness (QED) is 0.795. The van der Waals surface area contributed by atoms with E-state index in [9.17, 15) is 14.7 Å². The van der Waals surface area contributed by atoms with Crippen LogP contribution in [0, 0.1) is 11.3 Å². The van der Waals surface area contributed by atoms with E-state index in [1.807, 2.05) is 20.8 Å². The Hall–Kier alpha value is -1.36. The fourth-order valence-corrected chi connectivity index (χ4v) is 2.08. The Morgan fingerprint density at radius 3 is 2.47 bits per heavy atom. The van der Waals surface area contributed by atoms with E-state index in [4.69, 9.17) is 4.74 Å². The minimum absolute atomic E-state index is 0.198. The molecule has 1 N–H and O–H groups in total. The van der Waals surface area contributed by atoms with E-state index in [0.717, 1.165) is 4.90 Å². The summed E-state index contributed by atoms with van der Waals surface area (Å²) < 4.78 is 4.98. The summed E-state index contributed by atoms with van der Waals surface area (Å²) in [4.78, 5) is 25.3. The van der Waals surface area contributed by atoms with Crippen molar-refractivity contribution in [2.75, 3.05) is 6.61 Å². The Balaban J connectivity index is 2.96. The Morgan fingerprint density at radius 1 is 1.53 bits per heavy atom. The van der Waals surface area contributed by atoms with Crippen molar-refractivity contribution >= 4 is 12.0 Å². The van der Waals surface area contributed by atoms with Crippen LogP contribution in [-0.2, 0) is 9.53 Å². The Bertz CT molecular complexity index is 397. The monoisotopic (exact) mass is 269 g/mol. The molecule has 19 heavy (non-hydrogen) atoms. The summed E-state index contributed by atoms with van der Waals surface area (Å²) in [5.74, 6) is -1.13. The number of aliphatic hydroxyl groups is 1. The van der Waals surface area contributed by atoms with Crippen LogP contribution < -0.4 is 0 Å². The zero-order chi connectivity index (χ0) is 15.0. The van der Waals surface area contributed by atoms with Gasteiger partial charge in [-0.3, -0.25) is 4.79 Å². The number of hydrogen-bond acceptors (Lipinski definition) is 4. The molecule has 2 amide bonds. The van der Waals surface area contributed by atoms with Gasteiger partial charge in [-0.25, -0.2) is 9.69 Å². The number of hydrogen-bond donors (Lipinski definition) is 1. The van der Waals surface area contributed by atoms with Gasteiger partial charge < -0.3 is 9.84 Å². The van der Waals surface area contributed by atoms with Gasteiger partial charge in [0.15, 0.2) is 0 Å². The lowest BCUT2D eigenvalue weighted by Gasteiger charge is -2.33. The predicted octanol–water partition coefficient (Wildman–Crippen LogP) is 1.95. The molecule has 1 aliphatic heterocycles. The van der Waals surface area contributed by atoms with Crippen LogP contribution in [0.2, 0.25) is 0 Å². The number of cyclic esters (lactones) is 1. The molecular weight excluding hydrogens is 246 g/mol. The van der Waals surface area contributed by atoms with Crippen molar-refractivity contribution < 1.29 is 19.4 Å². The number of ether oxygens (including phenoxy) is 1. The van der Waals surface area contributed by atoms with Gasteiger partial charge in [-0.1, -0.05) is 39.8 Å². The van der Waals surface area contributed by atoms with Gasteiger partial charge in [0.1, 0.15) is 6.61 Å². The summed E-state index contributed by atoms with van der Waals surface area (Å²) >= 11 is 0. The summed E-state index contributed by atoms with van der Waals surface area (Å²) in [6.45, 7) is 12.9. The summed E-state index contributed by atoms with van der Waals surface area (Å²) in [5, 5.41) is 9.90. The molecule has 0 radical (unpaired) electrons. The van der Waals surface area contributed by atoms with Crippen LogP contribution in [-0.4, -0.2) is 40.8 Å². The third-order valence-corrected chi connectivity index (χ3v) is 3.48. The molecule has 0 aromatic carbocycles. The van der Waals surface area contributed by atoms with E-state index in [2.05, 4.69) is 6.58 Å². The van der Waals surface area contributed by atoms with Crippen molar-refractivity contribution in [1.82, 2.24) is 4.90 Å². The van der Waals surface area contributed by atoms with E-state index in [1.165, 1.54) is 0 Å². The van der Waals surface area contributed by atoms with Crippen molar-refractivity contribution in [2.45, 2.75) is 46.8 Å². The van der Waals surface area contributed by atoms with Gasteiger partial charge in [0.25, 0.3) is 0 Å². The molecule has 0 unspecified atom stereocenters. The molecule has 1 saturated heterocycles. The summed E-state index contributed by atoms with van der Waals surface area (Å²) in [6, 6.07) is -0.313. The number of amides is 2. The van der Waals surface area contributed by atoms with E-state index < -0.39 is 24.0 Å². The molecule has 0 saturated carbocycles. The second-order valence-corrected chi connectivity index (χ2v) is 6.25. The van der Waals surface area contributed by atoms with Crippen molar-refractivity contribution in [2.24, 2.45) is 11.3 Å². The fraction of sp³-hybridized carbons (Fsp3) is 0.714. The maximum atomic E-state index is 12.4. The SMILES string of the molecule is C=C(C)[C@H](O)[C@@H](C)C(=O)N1C(=O)OC[C@@H]1C(C)(C)C. The van der Waals surface area contributed by atoms with E-state index in [1.54, 1.807) is 13.8 Å². The van der Waals surface area contributed by atoms with Gasteiger partial charge in [-0.05, 0) is 12.3 Å². The lowest BCUT2D eigenvalue weighted by molar-refractivity contribution is -0.137. The van der Waals surface area contributed by atoms with Crippen LogP contribution >= 0.6 is 0 Å². The third-order valence-electron chi connectivity index (χ3n) is 3.48. The number of carbonyl (C=O) groups excluding carboxylic acids is 2. The van der Waals surface area contributed by atoms with Crippen LogP contribution in [0.4, 0.5) is 4.79 Å². The van der Waals surface area contributed by atoms with Crippen molar-refractivity contribution in [1.29, 1.82) is 0 Å². The lowest BCUT2D eigenvalue weighted by atomic mass is 9.86. The lowest BCUT2D eigenvalue weighted by Crippen LogP contribution is -2.49. The van der Waals surface area contributed by atoms with Crippen molar-refractivity contribution in [3.63, 3.8) is 0 Å². The molecule has 1 heterocycles. The highest BCUT2D eigenvalue weighted by atomic mass is 16.6. The first kappa shape index (κ1) is 15.7. The third kappa shape index (κ3) is 3.15. The summed E-state index contributed by atoms with van der Waals surface area (Å²) in [7, 11) is 0. The molecule has 5 nitrogen and oxygen atoms in total. The molecule has 5 heteroatoms. The van der Waals surface area contributed by atoms with Crippen LogP contribution in [0.5, 0.6) is 0 Å². The minimum Gasteiger partial charge on any atom is -0.447 e. The van der Waals surface area contributed by atoms with Gasteiger partial charge in [0, 0.05) is 0 Å². The smallest absolute Gasteiger partial charge is 0.417 e. The first-order valence-corrected chi connectivity index (χ1v) is 6.40. The average molecular weight is 269 g/mol. The normalized spacial score (nSPS) is 22.9. The maximum Gasteiger partial charge on any atom is 0.417 e. The molecule has 0 aromatic rings. The molecular formula is C14H23NO4. The topological polar surface area (TPSA) is 66.8 Å². The standard InChI is InChI=1S/C14H23NO4/c1-8(2)11(16)9(3)12(17)15-10(14(4,5)6)7-19-13(15)18/h9-11,16H,1,7H2,2-6H3/t9-,10-,11+/m1/s1. The van der Waals surface area contributed by atoms with Gasteiger partial charge >= 0.3 is 6.09 Å². The van der Waals surface area contributed by atoms with Crippen LogP contribution in [0.1, 0.15) is 34.6 Å². The summed E-state index contributed by atoms with van der Waals surface area (Å²) in [5.41, 5.74) is 0.233. The first-order valence-electron chi connectivity index (χ1n) is 6.40. The molecule has 0 spiro atoms. The molecule has 108 valence electrons. The molecule has 0 aromatic heterocycles. The molecule has 1 aliphatic rings. The van der Waals surface area contributed by atoms with Gasteiger partial charge in [-0.15, -0.1) is 0 Å². The largest absolute Gasteiger partial charge is 0.447 e. The van der Waals surface area contributed by atoms with Crippen molar-refractivity contribution in [3.8, 4) is 0 Å². The molecule has 1 fully saturated rings. The predicted molar refractivity (Wildman–Crippen MR) is 71.4 cm³/mol. The second kappa shape index (κ2) is 5.33. The maximum absolute atomic E-state index is 12.4. The Morgan fingerprint density at radius 2 is 2.05 bits per heavy atom. The second-order valence-electron chi connectivity index (χ2n) is 6.25. The number of aliphatic hydroxyl groups excluding tert-OH is 1. The number of imide groups is 1. The minimum atomic E-state index is -0.957. The Kier molecular flexibility index (Phi) is 4.40. The fourth-order valence-electron chi connectivity index (χ4n) is 2.08. The highest BCUT2D eigenvalue weighted by Crippen LogP contribution is 2.31. The molecule has 0 aliphatic carbocycles. The molecule has 1 rings (SSSR count). The first-order chi connectivity index (χ1) is 8.57. The highest BCUT2D eigenvalue weighted by molar-refractivity contribution is 5.95. The van der Waals surface area contributed by atoms with E-state index >= 15 is 0 Å². The van der Waals surface area contributed by atoms with Crippen LogP contribution in [0.25, 0.3) is 0 Å². The van der Waals surface area contributed by atoms with E-state index in [-0.39, 0.29) is 18.1 Å². The average Bonchev–Trinajstić information content (AvgIpc) is 2.67. The van der Waals surface area contributed by atoms with Crippen LogP contribution in [0.15, 0.2) is 12.2 Å². The van der Waals surface area contributed by atoms with Gasteiger partial charge in [0.05, 0.1) is 18.1 Å². The van der Waals surface area contributed by atoms with E-state index in [0.29, 0.717) is 5.57 Å². The summed E-state index contributed by atoms with van der Waals surface area (Å²) in [6.07, 6.45) is -1.59. The molecule has 3 atom stereocenters.